The van der Waals surface area contributed by atoms with Crippen molar-refractivity contribution in [3.05, 3.63) is 65.2 Å². The van der Waals surface area contributed by atoms with E-state index in [4.69, 9.17) is 4.74 Å². The summed E-state index contributed by atoms with van der Waals surface area (Å²) in [6.07, 6.45) is -5.24. The quantitative estimate of drug-likeness (QED) is 0.856. The third-order valence-electron chi connectivity index (χ3n) is 3.66. The van der Waals surface area contributed by atoms with E-state index in [1.165, 1.54) is 0 Å². The van der Waals surface area contributed by atoms with Crippen molar-refractivity contribution >= 4 is 17.6 Å². The predicted octanol–water partition coefficient (Wildman–Crippen LogP) is 3.43. The molecule has 1 atom stereocenters. The molecule has 0 spiro atoms. The second kappa shape index (κ2) is 5.99. The van der Waals surface area contributed by atoms with Crippen molar-refractivity contribution in [2.45, 2.75) is 18.7 Å². The molecule has 1 amide bonds. The summed E-state index contributed by atoms with van der Waals surface area (Å²) in [6, 6.07) is 10.8. The number of fused-ring (bicyclic) bond motifs is 1. The van der Waals surface area contributed by atoms with Crippen LogP contribution >= 0.6 is 0 Å². The second-order valence-corrected chi connectivity index (χ2v) is 5.32. The van der Waals surface area contributed by atoms with Gasteiger partial charge in [0.2, 0.25) is 0 Å². The van der Waals surface area contributed by atoms with Crippen LogP contribution in [-0.4, -0.2) is 18.0 Å². The molecule has 2 aromatic rings. The van der Waals surface area contributed by atoms with E-state index in [0.717, 1.165) is 24.3 Å². The summed E-state index contributed by atoms with van der Waals surface area (Å²) >= 11 is 0. The Balaban J connectivity index is 1.71. The number of carbonyl (C=O) groups is 2. The highest BCUT2D eigenvalue weighted by atomic mass is 19.4. The number of halogens is 3. The number of rotatable bonds is 2. The van der Waals surface area contributed by atoms with Gasteiger partial charge >= 0.3 is 12.1 Å². The Bertz CT molecular complexity index is 784. The van der Waals surface area contributed by atoms with Crippen LogP contribution in [0.5, 0.6) is 0 Å². The lowest BCUT2D eigenvalue weighted by atomic mass is 9.98. The summed E-state index contributed by atoms with van der Waals surface area (Å²) in [5.41, 5.74) is 0.499. The Morgan fingerprint density at radius 2 is 1.75 bits per heavy atom. The molecule has 0 saturated heterocycles. The summed E-state index contributed by atoms with van der Waals surface area (Å²) in [5.74, 6) is -1.18. The lowest BCUT2D eigenvalue weighted by Crippen LogP contribution is -2.37. The van der Waals surface area contributed by atoms with Gasteiger partial charge in [-0.2, -0.15) is 13.2 Å². The van der Waals surface area contributed by atoms with Crippen molar-refractivity contribution in [2.75, 3.05) is 5.32 Å². The summed E-state index contributed by atoms with van der Waals surface area (Å²) in [7, 11) is 0. The van der Waals surface area contributed by atoms with Gasteiger partial charge in [0.25, 0.3) is 5.91 Å². The van der Waals surface area contributed by atoms with E-state index in [-0.39, 0.29) is 12.1 Å². The maximum absolute atomic E-state index is 12.5. The Kier molecular flexibility index (Phi) is 4.01. The monoisotopic (exact) mass is 335 g/mol. The van der Waals surface area contributed by atoms with Crippen LogP contribution in [0.4, 0.5) is 18.9 Å². The van der Waals surface area contributed by atoms with Crippen LogP contribution in [0.1, 0.15) is 21.5 Å². The number of hydrogen-bond acceptors (Lipinski definition) is 3. The van der Waals surface area contributed by atoms with Crippen LogP contribution < -0.4 is 5.32 Å². The van der Waals surface area contributed by atoms with E-state index < -0.39 is 29.7 Å². The van der Waals surface area contributed by atoms with E-state index in [2.05, 4.69) is 5.32 Å². The lowest BCUT2D eigenvalue weighted by molar-refractivity contribution is -0.137. The molecule has 3 rings (SSSR count). The molecule has 1 unspecified atom stereocenters. The van der Waals surface area contributed by atoms with E-state index in [9.17, 15) is 22.8 Å². The van der Waals surface area contributed by atoms with Gasteiger partial charge in [-0.1, -0.05) is 18.2 Å². The van der Waals surface area contributed by atoms with Gasteiger partial charge < -0.3 is 10.1 Å². The van der Waals surface area contributed by atoms with Crippen LogP contribution in [0.3, 0.4) is 0 Å². The van der Waals surface area contributed by atoms with Crippen molar-refractivity contribution in [3.63, 3.8) is 0 Å². The highest BCUT2D eigenvalue weighted by Crippen LogP contribution is 2.30. The third kappa shape index (κ3) is 3.24. The molecule has 0 aliphatic carbocycles. The molecule has 0 aromatic heterocycles. The number of benzene rings is 2. The van der Waals surface area contributed by atoms with Crippen LogP contribution in [0.25, 0.3) is 0 Å². The highest BCUT2D eigenvalue weighted by Gasteiger charge is 2.32. The van der Waals surface area contributed by atoms with E-state index in [1.807, 2.05) is 0 Å². The Morgan fingerprint density at radius 1 is 1.08 bits per heavy atom. The van der Waals surface area contributed by atoms with Gasteiger partial charge in [0.1, 0.15) is 0 Å². The van der Waals surface area contributed by atoms with E-state index in [1.54, 1.807) is 24.3 Å². The first kappa shape index (κ1) is 16.0. The number of alkyl halides is 3. The fourth-order valence-electron chi connectivity index (χ4n) is 2.44. The zero-order chi connectivity index (χ0) is 17.3. The van der Waals surface area contributed by atoms with Crippen molar-refractivity contribution in [1.82, 2.24) is 0 Å². The largest absolute Gasteiger partial charge is 0.448 e. The van der Waals surface area contributed by atoms with Crippen LogP contribution in [-0.2, 0) is 22.1 Å². The summed E-state index contributed by atoms with van der Waals surface area (Å²) in [4.78, 5) is 24.1. The average molecular weight is 335 g/mol. The van der Waals surface area contributed by atoms with Gasteiger partial charge in [0.05, 0.1) is 11.1 Å². The molecule has 4 nitrogen and oxygen atoms in total. The molecule has 2 aromatic carbocycles. The normalized spacial score (nSPS) is 17.0. The summed E-state index contributed by atoms with van der Waals surface area (Å²) < 4.78 is 42.6. The number of amides is 1. The van der Waals surface area contributed by atoms with E-state index in [0.29, 0.717) is 11.1 Å². The lowest BCUT2D eigenvalue weighted by Gasteiger charge is -2.23. The highest BCUT2D eigenvalue weighted by molar-refractivity contribution is 6.00. The smallest absolute Gasteiger partial charge is 0.416 e. The molecule has 24 heavy (non-hydrogen) atoms. The number of esters is 1. The zero-order valence-electron chi connectivity index (χ0n) is 12.3. The maximum Gasteiger partial charge on any atom is 0.416 e. The minimum absolute atomic E-state index is 0.197. The van der Waals surface area contributed by atoms with Crippen molar-refractivity contribution < 1.29 is 27.5 Å². The van der Waals surface area contributed by atoms with Crippen LogP contribution in [0, 0.1) is 0 Å². The molecular weight excluding hydrogens is 323 g/mol. The van der Waals surface area contributed by atoms with Gasteiger partial charge in [-0.15, -0.1) is 0 Å². The third-order valence-corrected chi connectivity index (χ3v) is 3.66. The average Bonchev–Trinajstić information content (AvgIpc) is 2.54. The van der Waals surface area contributed by atoms with Gasteiger partial charge in [-0.05, 0) is 35.9 Å². The minimum Gasteiger partial charge on any atom is -0.448 e. The fourth-order valence-corrected chi connectivity index (χ4v) is 2.44. The van der Waals surface area contributed by atoms with Crippen molar-refractivity contribution in [2.24, 2.45) is 0 Å². The molecule has 124 valence electrons. The maximum atomic E-state index is 12.5. The zero-order valence-corrected chi connectivity index (χ0v) is 12.3. The van der Waals surface area contributed by atoms with Crippen molar-refractivity contribution in [1.29, 1.82) is 0 Å². The molecule has 0 saturated carbocycles. The molecule has 1 N–H and O–H groups in total. The molecular formula is C17H12F3NO3. The SMILES string of the molecule is O=C1OC(C(=O)Nc2ccc(C(F)(F)F)cc2)Cc2ccccc21. The minimum atomic E-state index is -4.44. The Morgan fingerprint density at radius 3 is 2.42 bits per heavy atom. The summed E-state index contributed by atoms with van der Waals surface area (Å²) in [6.45, 7) is 0. The van der Waals surface area contributed by atoms with Gasteiger partial charge in [0, 0.05) is 12.1 Å². The molecule has 0 bridgehead atoms. The molecule has 1 aliphatic heterocycles. The number of nitrogens with one attached hydrogen (secondary N) is 1. The first-order valence-electron chi connectivity index (χ1n) is 7.11. The van der Waals surface area contributed by atoms with Gasteiger partial charge in [0.15, 0.2) is 6.10 Å². The molecule has 1 aliphatic rings. The fraction of sp³-hybridized carbons (Fsp3) is 0.176. The number of anilines is 1. The Labute approximate surface area is 135 Å². The number of carbonyl (C=O) groups excluding carboxylic acids is 2. The molecule has 0 radical (unpaired) electrons. The second-order valence-electron chi connectivity index (χ2n) is 5.32. The Hall–Kier alpha value is -2.83. The standard InChI is InChI=1S/C17H12F3NO3/c18-17(19,20)11-5-7-12(8-6-11)21-15(22)14-9-10-3-1-2-4-13(10)16(23)24-14/h1-8,14H,9H2,(H,21,22). The number of cyclic esters (lactones) is 1. The summed E-state index contributed by atoms with van der Waals surface area (Å²) in [5, 5.41) is 2.46. The van der Waals surface area contributed by atoms with Crippen LogP contribution in [0.2, 0.25) is 0 Å². The predicted molar refractivity (Wildman–Crippen MR) is 79.4 cm³/mol. The topological polar surface area (TPSA) is 55.4 Å². The first-order chi connectivity index (χ1) is 11.3. The molecule has 1 heterocycles. The van der Waals surface area contributed by atoms with Gasteiger partial charge in [-0.3, -0.25) is 4.79 Å². The number of ether oxygens (including phenoxy) is 1. The van der Waals surface area contributed by atoms with Gasteiger partial charge in [-0.25, -0.2) is 4.79 Å². The van der Waals surface area contributed by atoms with E-state index >= 15 is 0 Å². The van der Waals surface area contributed by atoms with Crippen LogP contribution in [0.15, 0.2) is 48.5 Å². The molecule has 7 heteroatoms. The van der Waals surface area contributed by atoms with Crippen molar-refractivity contribution in [3.8, 4) is 0 Å². The molecule has 0 fully saturated rings. The first-order valence-corrected chi connectivity index (χ1v) is 7.11. The number of hydrogen-bond donors (Lipinski definition) is 1.